The number of benzene rings is 1. The van der Waals surface area contributed by atoms with Crippen molar-refractivity contribution in [2.75, 3.05) is 24.5 Å². The van der Waals surface area contributed by atoms with Crippen LogP contribution in [0.4, 0.5) is 10.5 Å². The summed E-state index contributed by atoms with van der Waals surface area (Å²) < 4.78 is 0. The Morgan fingerprint density at radius 2 is 1.97 bits per heavy atom. The van der Waals surface area contributed by atoms with Crippen molar-refractivity contribution in [3.63, 3.8) is 0 Å². The van der Waals surface area contributed by atoms with Crippen molar-refractivity contribution >= 4 is 46.7 Å². The van der Waals surface area contributed by atoms with Gasteiger partial charge in [0.15, 0.2) is 5.54 Å². The maximum absolute atomic E-state index is 13.1. The quantitative estimate of drug-likeness (QED) is 0.628. The summed E-state index contributed by atoms with van der Waals surface area (Å²) in [5, 5.41) is 5.98. The maximum atomic E-state index is 13.1. The predicted molar refractivity (Wildman–Crippen MR) is 126 cm³/mol. The molecule has 2 atom stereocenters. The van der Waals surface area contributed by atoms with Gasteiger partial charge in [-0.3, -0.25) is 19.9 Å². The van der Waals surface area contributed by atoms with E-state index < -0.39 is 17.5 Å². The highest BCUT2D eigenvalue weighted by Gasteiger charge is 2.49. The van der Waals surface area contributed by atoms with Gasteiger partial charge in [0, 0.05) is 43.5 Å². The molecule has 0 radical (unpaired) electrons. The van der Waals surface area contributed by atoms with Crippen molar-refractivity contribution in [2.24, 2.45) is 0 Å². The fourth-order valence-electron chi connectivity index (χ4n) is 4.44. The summed E-state index contributed by atoms with van der Waals surface area (Å²) in [4.78, 5) is 46.2. The van der Waals surface area contributed by atoms with E-state index in [1.54, 1.807) is 23.1 Å². The van der Waals surface area contributed by atoms with Crippen LogP contribution in [-0.4, -0.2) is 53.4 Å². The Morgan fingerprint density at radius 1 is 1.18 bits per heavy atom. The molecule has 2 aliphatic heterocycles. The molecular weight excluding hydrogens is 465 g/mol. The van der Waals surface area contributed by atoms with Crippen LogP contribution in [0.2, 0.25) is 10.0 Å². The number of nitrogens with zero attached hydrogens (tertiary/aromatic N) is 3. The first kappa shape index (κ1) is 23.3. The van der Waals surface area contributed by atoms with E-state index in [9.17, 15) is 14.4 Å². The summed E-state index contributed by atoms with van der Waals surface area (Å²) in [7, 11) is 0. The minimum absolute atomic E-state index is 0.0711. The number of pyridine rings is 1. The summed E-state index contributed by atoms with van der Waals surface area (Å²) in [5.41, 5.74) is 0.751. The van der Waals surface area contributed by atoms with Crippen molar-refractivity contribution in [3.05, 3.63) is 57.8 Å². The molecule has 2 saturated heterocycles. The fraction of sp³-hybridized carbons (Fsp3) is 0.391. The monoisotopic (exact) mass is 489 g/mol. The van der Waals surface area contributed by atoms with Gasteiger partial charge in [0.05, 0.1) is 15.7 Å². The minimum atomic E-state index is -1.35. The summed E-state index contributed by atoms with van der Waals surface area (Å²) in [6.07, 6.45) is 0.226. The third kappa shape index (κ3) is 4.63. The molecule has 10 heteroatoms. The Balaban J connectivity index is 1.44. The second kappa shape index (κ2) is 9.19. The lowest BCUT2D eigenvalue weighted by Crippen LogP contribution is -2.54. The third-order valence-corrected chi connectivity index (χ3v) is 6.94. The van der Waals surface area contributed by atoms with Crippen LogP contribution in [0.1, 0.15) is 31.2 Å². The minimum Gasteiger partial charge on any atom is -0.365 e. The van der Waals surface area contributed by atoms with Crippen molar-refractivity contribution in [1.82, 2.24) is 20.5 Å². The fourth-order valence-corrected chi connectivity index (χ4v) is 4.73. The van der Waals surface area contributed by atoms with E-state index >= 15 is 0 Å². The van der Waals surface area contributed by atoms with E-state index in [-0.39, 0.29) is 24.8 Å². The molecule has 0 saturated carbocycles. The van der Waals surface area contributed by atoms with E-state index in [0.717, 1.165) is 11.4 Å². The number of aryl methyl sites for hydroxylation is 1. The number of nitrogens with one attached hydrogen (secondary N) is 2. The summed E-state index contributed by atoms with van der Waals surface area (Å²) in [6.45, 7) is 5.58. The van der Waals surface area contributed by atoms with Gasteiger partial charge in [-0.15, -0.1) is 0 Å². The Bertz CT molecular complexity index is 1110. The van der Waals surface area contributed by atoms with Gasteiger partial charge in [-0.25, -0.2) is 4.79 Å². The number of carbonyl (C=O) groups is 3. The molecule has 174 valence electrons. The Morgan fingerprint density at radius 3 is 2.61 bits per heavy atom. The lowest BCUT2D eigenvalue weighted by atomic mass is 9.88. The van der Waals surface area contributed by atoms with Gasteiger partial charge in [-0.2, -0.15) is 0 Å². The van der Waals surface area contributed by atoms with Crippen molar-refractivity contribution < 1.29 is 14.4 Å². The normalized spacial score (nSPS) is 22.8. The Hall–Kier alpha value is -2.84. The highest BCUT2D eigenvalue weighted by atomic mass is 35.5. The molecule has 1 aromatic heterocycles. The number of aromatic nitrogens is 1. The van der Waals surface area contributed by atoms with Crippen LogP contribution in [0.25, 0.3) is 0 Å². The first-order valence-corrected chi connectivity index (χ1v) is 11.5. The number of hydrogen-bond acceptors (Lipinski definition) is 5. The van der Waals surface area contributed by atoms with Gasteiger partial charge in [-0.05, 0) is 50.6 Å². The van der Waals surface area contributed by atoms with Crippen molar-refractivity contribution in [1.29, 1.82) is 0 Å². The molecule has 8 nitrogen and oxygen atoms in total. The lowest BCUT2D eigenvalue weighted by molar-refractivity contribution is -0.133. The molecule has 1 unspecified atom stereocenters. The number of piperazine rings is 1. The highest BCUT2D eigenvalue weighted by Crippen LogP contribution is 2.31. The number of carbonyl (C=O) groups excluding carboxylic acids is 3. The molecule has 0 bridgehead atoms. The first-order valence-electron chi connectivity index (χ1n) is 10.8. The average Bonchev–Trinajstić information content (AvgIpc) is 3.08. The Kier molecular flexibility index (Phi) is 6.50. The van der Waals surface area contributed by atoms with Crippen LogP contribution in [0.3, 0.4) is 0 Å². The number of imide groups is 1. The molecule has 2 aliphatic rings. The van der Waals surface area contributed by atoms with E-state index in [1.165, 1.54) is 0 Å². The van der Waals surface area contributed by atoms with E-state index in [2.05, 4.69) is 20.5 Å². The number of rotatable bonds is 5. The Labute approximate surface area is 202 Å². The zero-order valence-corrected chi connectivity index (χ0v) is 19.9. The van der Waals surface area contributed by atoms with Gasteiger partial charge >= 0.3 is 6.03 Å². The molecule has 2 fully saturated rings. The molecular formula is C23H25Cl2N5O3. The van der Waals surface area contributed by atoms with Crippen LogP contribution >= 0.6 is 23.2 Å². The van der Waals surface area contributed by atoms with E-state index in [1.807, 2.05) is 32.0 Å². The largest absolute Gasteiger partial charge is 0.365 e. The number of halogens is 2. The zero-order chi connectivity index (χ0) is 23.8. The van der Waals surface area contributed by atoms with Crippen molar-refractivity contribution in [2.45, 2.75) is 38.3 Å². The molecule has 33 heavy (non-hydrogen) atoms. The second-order valence-electron chi connectivity index (χ2n) is 8.46. The average molecular weight is 490 g/mol. The number of amides is 4. The van der Waals surface area contributed by atoms with Gasteiger partial charge in [0.25, 0.3) is 5.91 Å². The number of urea groups is 1. The number of anilines is 1. The van der Waals surface area contributed by atoms with Gasteiger partial charge < -0.3 is 15.1 Å². The van der Waals surface area contributed by atoms with Gasteiger partial charge in [-0.1, -0.05) is 29.3 Å². The van der Waals surface area contributed by atoms with Gasteiger partial charge in [0.2, 0.25) is 5.91 Å². The van der Waals surface area contributed by atoms with Crippen molar-refractivity contribution in [3.8, 4) is 0 Å². The summed E-state index contributed by atoms with van der Waals surface area (Å²) in [6, 6.07) is 10.3. The molecule has 2 N–H and O–H groups in total. The van der Waals surface area contributed by atoms with Crippen LogP contribution in [-0.2, 0) is 15.1 Å². The standard InChI is InChI=1S/C23H25Cl2N5O3/c1-14-4-3-5-19(26-14)23(21(32)27-22(33)28-23)9-8-20(31)29-10-11-30(15(2)13-29)16-6-7-17(24)18(25)12-16/h3-7,12,15H,8-11,13H2,1-2H3,(H2,27,28,32,33)/t15-,23?/m0/s1. The molecule has 4 amide bonds. The van der Waals surface area contributed by atoms with E-state index in [0.29, 0.717) is 35.4 Å². The summed E-state index contributed by atoms with van der Waals surface area (Å²) >= 11 is 12.2. The van der Waals surface area contributed by atoms with Gasteiger partial charge in [0.1, 0.15) is 0 Å². The lowest BCUT2D eigenvalue weighted by Gasteiger charge is -2.41. The smallest absolute Gasteiger partial charge is 0.322 e. The summed E-state index contributed by atoms with van der Waals surface area (Å²) in [5.74, 6) is -0.562. The SMILES string of the molecule is Cc1cccc(C2(CCC(=O)N3CCN(c4ccc(Cl)c(Cl)c4)[C@@H](C)C3)NC(=O)NC2=O)n1. The maximum Gasteiger partial charge on any atom is 0.322 e. The van der Waals surface area contributed by atoms with Crippen LogP contribution in [0.5, 0.6) is 0 Å². The molecule has 2 aromatic rings. The molecule has 0 aliphatic carbocycles. The third-order valence-electron chi connectivity index (χ3n) is 6.20. The molecule has 0 spiro atoms. The highest BCUT2D eigenvalue weighted by molar-refractivity contribution is 6.42. The van der Waals surface area contributed by atoms with Crippen LogP contribution in [0, 0.1) is 6.92 Å². The topological polar surface area (TPSA) is 94.6 Å². The van der Waals surface area contributed by atoms with Crippen LogP contribution in [0.15, 0.2) is 36.4 Å². The second-order valence-corrected chi connectivity index (χ2v) is 9.27. The van der Waals surface area contributed by atoms with Crippen LogP contribution < -0.4 is 15.5 Å². The zero-order valence-electron chi connectivity index (χ0n) is 18.4. The molecule has 3 heterocycles. The first-order chi connectivity index (χ1) is 15.7. The molecule has 4 rings (SSSR count). The van der Waals surface area contributed by atoms with E-state index in [4.69, 9.17) is 23.2 Å². The predicted octanol–water partition coefficient (Wildman–Crippen LogP) is 3.25. The molecule has 1 aromatic carbocycles. The number of hydrogen-bond donors (Lipinski definition) is 2.